The predicted octanol–water partition coefficient (Wildman–Crippen LogP) is 3.54. The summed E-state index contributed by atoms with van der Waals surface area (Å²) in [6, 6.07) is 15.4. The van der Waals surface area contributed by atoms with Gasteiger partial charge in [-0.15, -0.1) is 0 Å². The Kier molecular flexibility index (Phi) is 7.73. The van der Waals surface area contributed by atoms with E-state index in [0.717, 1.165) is 18.4 Å². The Hall–Kier alpha value is -2.38. The summed E-state index contributed by atoms with van der Waals surface area (Å²) in [6.45, 7) is 4.53. The SMILES string of the molecule is COc1ccc(C)cc1S(=O)(=O)N1CCC(C(=O)N[C@@H](C)CCc2ccccc2)CC1. The molecule has 0 spiro atoms. The molecule has 0 aliphatic carbocycles. The Morgan fingerprint density at radius 1 is 1.16 bits per heavy atom. The molecule has 1 atom stereocenters. The molecule has 1 aliphatic heterocycles. The fraction of sp³-hybridized carbons (Fsp3) is 0.458. The number of hydrogen-bond donors (Lipinski definition) is 1. The summed E-state index contributed by atoms with van der Waals surface area (Å²) < 4.78 is 33.0. The first-order valence-corrected chi connectivity index (χ1v) is 12.2. The first-order chi connectivity index (χ1) is 14.8. The molecular weight excluding hydrogens is 412 g/mol. The van der Waals surface area contributed by atoms with Crippen LogP contribution in [0.4, 0.5) is 0 Å². The second-order valence-electron chi connectivity index (χ2n) is 8.27. The van der Waals surface area contributed by atoms with Crippen molar-refractivity contribution >= 4 is 15.9 Å². The molecule has 0 saturated carbocycles. The maximum absolute atomic E-state index is 13.1. The van der Waals surface area contributed by atoms with Crippen LogP contribution < -0.4 is 10.1 Å². The van der Waals surface area contributed by atoms with E-state index in [0.29, 0.717) is 31.7 Å². The molecule has 168 valence electrons. The molecule has 1 saturated heterocycles. The molecule has 1 amide bonds. The zero-order valence-corrected chi connectivity index (χ0v) is 19.3. The normalized spacial score (nSPS) is 16.6. The number of carbonyl (C=O) groups excluding carboxylic acids is 1. The lowest BCUT2D eigenvalue weighted by atomic mass is 9.96. The van der Waals surface area contributed by atoms with Gasteiger partial charge in [-0.3, -0.25) is 4.79 Å². The highest BCUT2D eigenvalue weighted by atomic mass is 32.2. The molecule has 1 fully saturated rings. The topological polar surface area (TPSA) is 75.7 Å². The lowest BCUT2D eigenvalue weighted by Crippen LogP contribution is -2.44. The summed E-state index contributed by atoms with van der Waals surface area (Å²) in [5.41, 5.74) is 2.12. The van der Waals surface area contributed by atoms with Gasteiger partial charge < -0.3 is 10.1 Å². The minimum absolute atomic E-state index is 0.0192. The zero-order valence-electron chi connectivity index (χ0n) is 18.5. The molecule has 1 aliphatic rings. The minimum Gasteiger partial charge on any atom is -0.495 e. The summed E-state index contributed by atoms with van der Waals surface area (Å²) >= 11 is 0. The van der Waals surface area contributed by atoms with E-state index >= 15 is 0 Å². The molecule has 3 rings (SSSR count). The molecule has 6 nitrogen and oxygen atoms in total. The lowest BCUT2D eigenvalue weighted by Gasteiger charge is -2.31. The van der Waals surface area contributed by atoms with Gasteiger partial charge in [0.1, 0.15) is 10.6 Å². The standard InChI is InChI=1S/C24H32N2O4S/c1-18-9-12-22(30-3)23(17-18)31(28,29)26-15-13-21(14-16-26)24(27)25-19(2)10-11-20-7-5-4-6-8-20/h4-9,12,17,19,21H,10-11,13-16H2,1-3H3,(H,25,27)/t19-/m0/s1. The van der Waals surface area contributed by atoms with Crippen molar-refractivity contribution in [3.63, 3.8) is 0 Å². The summed E-state index contributed by atoms with van der Waals surface area (Å²) in [4.78, 5) is 12.9. The highest BCUT2D eigenvalue weighted by Gasteiger charge is 2.34. The fourth-order valence-electron chi connectivity index (χ4n) is 3.94. The molecule has 2 aromatic rings. The molecule has 2 aromatic carbocycles. The summed E-state index contributed by atoms with van der Waals surface area (Å²) in [7, 11) is -2.19. The van der Waals surface area contributed by atoms with Crippen LogP contribution >= 0.6 is 0 Å². The number of hydrogen-bond acceptors (Lipinski definition) is 4. The van der Waals surface area contributed by atoms with E-state index in [1.165, 1.54) is 17.0 Å². The van der Waals surface area contributed by atoms with Crippen LogP contribution in [0.1, 0.15) is 37.3 Å². The molecule has 31 heavy (non-hydrogen) atoms. The van der Waals surface area contributed by atoms with Crippen LogP contribution in [0.3, 0.4) is 0 Å². The molecule has 7 heteroatoms. The number of benzene rings is 2. The van der Waals surface area contributed by atoms with Crippen LogP contribution in [-0.4, -0.2) is 44.9 Å². The summed E-state index contributed by atoms with van der Waals surface area (Å²) in [5.74, 6) is 0.202. The maximum atomic E-state index is 13.1. The van der Waals surface area contributed by atoms with Gasteiger partial charge in [-0.1, -0.05) is 36.4 Å². The monoisotopic (exact) mass is 444 g/mol. The van der Waals surface area contributed by atoms with Gasteiger partial charge in [0.05, 0.1) is 7.11 Å². The third-order valence-electron chi connectivity index (χ3n) is 5.86. The average molecular weight is 445 g/mol. The van der Waals surface area contributed by atoms with Crippen molar-refractivity contribution in [2.75, 3.05) is 20.2 Å². The molecule has 0 unspecified atom stereocenters. The predicted molar refractivity (Wildman–Crippen MR) is 122 cm³/mol. The number of rotatable bonds is 8. The van der Waals surface area contributed by atoms with Crippen molar-refractivity contribution < 1.29 is 17.9 Å². The molecule has 1 N–H and O–H groups in total. The van der Waals surface area contributed by atoms with Gasteiger partial charge in [0.25, 0.3) is 0 Å². The third kappa shape index (κ3) is 5.86. The third-order valence-corrected chi connectivity index (χ3v) is 7.78. The number of carbonyl (C=O) groups is 1. The number of ether oxygens (including phenoxy) is 1. The minimum atomic E-state index is -3.66. The first-order valence-electron chi connectivity index (χ1n) is 10.8. The van der Waals surface area contributed by atoms with Gasteiger partial charge in [-0.2, -0.15) is 4.31 Å². The number of piperidine rings is 1. The lowest BCUT2D eigenvalue weighted by molar-refractivity contribution is -0.126. The van der Waals surface area contributed by atoms with E-state index in [4.69, 9.17) is 4.74 Å². The summed E-state index contributed by atoms with van der Waals surface area (Å²) in [6.07, 6.45) is 2.82. The van der Waals surface area contributed by atoms with Crippen LogP contribution in [0.5, 0.6) is 5.75 Å². The number of sulfonamides is 1. The van der Waals surface area contributed by atoms with Gasteiger partial charge >= 0.3 is 0 Å². The van der Waals surface area contributed by atoms with Gasteiger partial charge in [0.15, 0.2) is 0 Å². The Bertz CT molecular complexity index is 984. The first kappa shape index (κ1) is 23.3. The Morgan fingerprint density at radius 2 is 1.84 bits per heavy atom. The number of methoxy groups -OCH3 is 1. The Morgan fingerprint density at radius 3 is 2.48 bits per heavy atom. The van der Waals surface area contributed by atoms with Gasteiger partial charge in [0.2, 0.25) is 15.9 Å². The number of nitrogens with zero attached hydrogens (tertiary/aromatic N) is 1. The van der Waals surface area contributed by atoms with Crippen molar-refractivity contribution in [2.45, 2.75) is 50.5 Å². The molecule has 0 aromatic heterocycles. The number of aryl methyl sites for hydroxylation is 2. The summed E-state index contributed by atoms with van der Waals surface area (Å²) in [5, 5.41) is 3.10. The van der Waals surface area contributed by atoms with Gasteiger partial charge in [-0.25, -0.2) is 8.42 Å². The quantitative estimate of drug-likeness (QED) is 0.676. The van der Waals surface area contributed by atoms with Crippen molar-refractivity contribution in [3.05, 3.63) is 59.7 Å². The van der Waals surface area contributed by atoms with Crippen LogP contribution in [0.25, 0.3) is 0 Å². The van der Waals surface area contributed by atoms with E-state index in [1.807, 2.05) is 38.1 Å². The largest absolute Gasteiger partial charge is 0.495 e. The van der Waals surface area contributed by atoms with E-state index in [-0.39, 0.29) is 22.8 Å². The second kappa shape index (κ2) is 10.3. The molecule has 0 radical (unpaired) electrons. The van der Waals surface area contributed by atoms with Crippen LogP contribution in [0.15, 0.2) is 53.4 Å². The number of nitrogens with one attached hydrogen (secondary N) is 1. The Labute approximate surface area is 185 Å². The molecule has 0 bridgehead atoms. The highest BCUT2D eigenvalue weighted by molar-refractivity contribution is 7.89. The highest BCUT2D eigenvalue weighted by Crippen LogP contribution is 2.30. The van der Waals surface area contributed by atoms with E-state index in [2.05, 4.69) is 17.4 Å². The van der Waals surface area contributed by atoms with Crippen molar-refractivity contribution in [1.82, 2.24) is 9.62 Å². The average Bonchev–Trinajstić information content (AvgIpc) is 2.78. The van der Waals surface area contributed by atoms with Gasteiger partial charge in [-0.05, 0) is 62.8 Å². The van der Waals surface area contributed by atoms with E-state index < -0.39 is 10.0 Å². The molecule has 1 heterocycles. The fourth-order valence-corrected chi connectivity index (χ4v) is 5.65. The van der Waals surface area contributed by atoms with E-state index in [1.54, 1.807) is 12.1 Å². The van der Waals surface area contributed by atoms with Crippen LogP contribution in [-0.2, 0) is 21.2 Å². The van der Waals surface area contributed by atoms with Crippen LogP contribution in [0.2, 0.25) is 0 Å². The zero-order chi connectivity index (χ0) is 22.4. The number of amides is 1. The van der Waals surface area contributed by atoms with Crippen molar-refractivity contribution in [3.8, 4) is 5.75 Å². The van der Waals surface area contributed by atoms with Crippen LogP contribution in [0, 0.1) is 12.8 Å². The van der Waals surface area contributed by atoms with Gasteiger partial charge in [0, 0.05) is 25.0 Å². The second-order valence-corrected chi connectivity index (χ2v) is 10.2. The maximum Gasteiger partial charge on any atom is 0.246 e. The van der Waals surface area contributed by atoms with E-state index in [9.17, 15) is 13.2 Å². The smallest absolute Gasteiger partial charge is 0.246 e. The molecular formula is C24H32N2O4S. The Balaban J connectivity index is 1.54. The van der Waals surface area contributed by atoms with Crippen molar-refractivity contribution in [2.24, 2.45) is 5.92 Å². The van der Waals surface area contributed by atoms with Crippen molar-refractivity contribution in [1.29, 1.82) is 0 Å².